The normalized spacial score (nSPS) is 12.7. The molecule has 0 saturated heterocycles. The van der Waals surface area contributed by atoms with Gasteiger partial charge in [-0.15, -0.1) is 0 Å². The summed E-state index contributed by atoms with van der Waals surface area (Å²) < 4.78 is 30.5. The quantitative estimate of drug-likeness (QED) is 0.720. The molecule has 0 heterocycles. The maximum atomic E-state index is 12.0. The van der Waals surface area contributed by atoms with Crippen molar-refractivity contribution in [2.75, 3.05) is 7.11 Å². The highest BCUT2D eigenvalue weighted by Gasteiger charge is 2.26. The number of ether oxygens (including phenoxy) is 1. The average molecular weight is 336 g/mol. The molecule has 9 heteroatoms. The number of esters is 1. The van der Waals surface area contributed by atoms with Gasteiger partial charge < -0.3 is 9.84 Å². The number of hydrogen-bond acceptors (Lipinski definition) is 5. The van der Waals surface area contributed by atoms with Crippen molar-refractivity contribution in [3.8, 4) is 0 Å². The molecule has 0 aliphatic heterocycles. The topological polar surface area (TPSA) is 110 Å². The maximum Gasteiger partial charge on any atom is 0.321 e. The van der Waals surface area contributed by atoms with Crippen LogP contribution in [0.25, 0.3) is 0 Å². The van der Waals surface area contributed by atoms with Crippen LogP contribution in [-0.4, -0.2) is 38.6 Å². The zero-order valence-electron chi connectivity index (χ0n) is 11.1. The van der Waals surface area contributed by atoms with Crippen molar-refractivity contribution in [1.29, 1.82) is 0 Å². The number of carboxylic acid groups (broad SMARTS) is 1. The molecule has 0 fully saturated rings. The Labute approximate surface area is 126 Å². The van der Waals surface area contributed by atoms with Crippen LogP contribution in [0.1, 0.15) is 12.8 Å². The summed E-state index contributed by atoms with van der Waals surface area (Å²) in [7, 11) is -2.85. The van der Waals surface area contributed by atoms with Gasteiger partial charge in [0.05, 0.1) is 12.0 Å². The van der Waals surface area contributed by atoms with Gasteiger partial charge in [0.1, 0.15) is 6.04 Å². The summed E-state index contributed by atoms with van der Waals surface area (Å²) in [5.41, 5.74) is 0. The molecule has 0 radical (unpaired) electrons. The lowest BCUT2D eigenvalue weighted by atomic mass is 10.2. The van der Waals surface area contributed by atoms with Crippen LogP contribution in [0.15, 0.2) is 29.2 Å². The van der Waals surface area contributed by atoms with E-state index in [0.29, 0.717) is 5.02 Å². The molecule has 0 aromatic heterocycles. The lowest BCUT2D eigenvalue weighted by Gasteiger charge is -2.14. The first-order valence-corrected chi connectivity index (χ1v) is 7.70. The Hall–Kier alpha value is -1.64. The molecule has 7 nitrogen and oxygen atoms in total. The van der Waals surface area contributed by atoms with E-state index in [9.17, 15) is 18.0 Å². The number of nitrogens with one attached hydrogen (secondary N) is 1. The van der Waals surface area contributed by atoms with Crippen LogP contribution in [0.3, 0.4) is 0 Å². The Kier molecular flexibility index (Phi) is 6.13. The van der Waals surface area contributed by atoms with Gasteiger partial charge in [-0.3, -0.25) is 9.59 Å². The molecular formula is C12H14ClNO6S. The summed E-state index contributed by atoms with van der Waals surface area (Å²) in [4.78, 5) is 22.0. The van der Waals surface area contributed by atoms with E-state index in [1.807, 2.05) is 4.72 Å². The molecular weight excluding hydrogens is 322 g/mol. The summed E-state index contributed by atoms with van der Waals surface area (Å²) in [6.07, 6.45) is -0.425. The van der Waals surface area contributed by atoms with Crippen molar-refractivity contribution in [2.45, 2.75) is 23.8 Å². The largest absolute Gasteiger partial charge is 0.480 e. The molecule has 116 valence electrons. The minimum absolute atomic E-state index is 0.115. The van der Waals surface area contributed by atoms with E-state index in [0.717, 1.165) is 7.11 Å². The number of benzene rings is 1. The van der Waals surface area contributed by atoms with Gasteiger partial charge in [0.25, 0.3) is 0 Å². The predicted molar refractivity (Wildman–Crippen MR) is 74.4 cm³/mol. The third-order valence-electron chi connectivity index (χ3n) is 2.58. The molecule has 0 unspecified atom stereocenters. The second-order valence-electron chi connectivity index (χ2n) is 4.08. The minimum atomic E-state index is -4.02. The molecule has 1 aromatic rings. The molecule has 21 heavy (non-hydrogen) atoms. The van der Waals surface area contributed by atoms with Gasteiger partial charge in [0, 0.05) is 11.4 Å². The molecule has 0 aliphatic rings. The Morgan fingerprint density at radius 1 is 1.33 bits per heavy atom. The van der Waals surface area contributed by atoms with Gasteiger partial charge in [-0.1, -0.05) is 11.6 Å². The smallest absolute Gasteiger partial charge is 0.321 e. The van der Waals surface area contributed by atoms with Gasteiger partial charge in [-0.05, 0) is 30.7 Å². The Bertz CT molecular complexity index is 613. The Morgan fingerprint density at radius 2 is 1.90 bits per heavy atom. The van der Waals surface area contributed by atoms with Gasteiger partial charge in [-0.25, -0.2) is 8.42 Å². The third kappa shape index (κ3) is 5.33. The van der Waals surface area contributed by atoms with Crippen molar-refractivity contribution in [2.24, 2.45) is 0 Å². The summed E-state index contributed by atoms with van der Waals surface area (Å²) in [6.45, 7) is 0. The maximum absolute atomic E-state index is 12.0. The predicted octanol–water partition coefficient (Wildman–Crippen LogP) is 1.02. The fraction of sp³-hybridized carbons (Fsp3) is 0.333. The monoisotopic (exact) mass is 335 g/mol. The van der Waals surface area contributed by atoms with E-state index >= 15 is 0 Å². The van der Waals surface area contributed by atoms with E-state index in [1.165, 1.54) is 24.3 Å². The van der Waals surface area contributed by atoms with Gasteiger partial charge in [0.15, 0.2) is 0 Å². The van der Waals surface area contributed by atoms with Crippen molar-refractivity contribution < 1.29 is 27.9 Å². The molecule has 0 aliphatic carbocycles. The van der Waals surface area contributed by atoms with Crippen LogP contribution in [-0.2, 0) is 24.3 Å². The van der Waals surface area contributed by atoms with Crippen molar-refractivity contribution in [3.63, 3.8) is 0 Å². The lowest BCUT2D eigenvalue weighted by Crippen LogP contribution is -2.41. The van der Waals surface area contributed by atoms with Crippen LogP contribution in [0.4, 0.5) is 0 Å². The highest BCUT2D eigenvalue weighted by Crippen LogP contribution is 2.15. The number of carbonyl (C=O) groups is 2. The van der Waals surface area contributed by atoms with Gasteiger partial charge in [-0.2, -0.15) is 4.72 Å². The number of carboxylic acids is 1. The van der Waals surface area contributed by atoms with Gasteiger partial charge in [0.2, 0.25) is 10.0 Å². The fourth-order valence-corrected chi connectivity index (χ4v) is 2.82. The van der Waals surface area contributed by atoms with E-state index in [4.69, 9.17) is 16.7 Å². The van der Waals surface area contributed by atoms with Gasteiger partial charge >= 0.3 is 11.9 Å². The Balaban J connectivity index is 2.84. The zero-order valence-corrected chi connectivity index (χ0v) is 12.6. The summed E-state index contributed by atoms with van der Waals surface area (Å²) >= 11 is 5.66. The second kappa shape index (κ2) is 7.39. The molecule has 0 bridgehead atoms. The van der Waals surface area contributed by atoms with E-state index < -0.39 is 28.0 Å². The molecule has 1 atom stereocenters. The van der Waals surface area contributed by atoms with Crippen LogP contribution in [0.2, 0.25) is 5.02 Å². The SMILES string of the molecule is COC(=O)CC[C@@H](NS(=O)(=O)c1ccc(Cl)cc1)C(=O)O. The number of carbonyl (C=O) groups excluding carboxylic acids is 1. The standard InChI is InChI=1S/C12H14ClNO6S/c1-20-11(15)7-6-10(12(16)17)14-21(18,19)9-4-2-8(13)3-5-9/h2-5,10,14H,6-7H2,1H3,(H,16,17)/t10-/m1/s1. The number of halogens is 1. The number of rotatable bonds is 7. The highest BCUT2D eigenvalue weighted by molar-refractivity contribution is 7.89. The third-order valence-corrected chi connectivity index (χ3v) is 4.32. The molecule has 2 N–H and O–H groups in total. The highest BCUT2D eigenvalue weighted by atomic mass is 35.5. The fourth-order valence-electron chi connectivity index (χ4n) is 1.47. The minimum Gasteiger partial charge on any atom is -0.480 e. The zero-order chi connectivity index (χ0) is 16.0. The first-order chi connectivity index (χ1) is 9.76. The van der Waals surface area contributed by atoms with Crippen LogP contribution < -0.4 is 4.72 Å². The van der Waals surface area contributed by atoms with E-state index in [1.54, 1.807) is 0 Å². The summed E-state index contributed by atoms with van der Waals surface area (Å²) in [5.74, 6) is -2.00. The van der Waals surface area contributed by atoms with Crippen molar-refractivity contribution in [3.05, 3.63) is 29.3 Å². The average Bonchev–Trinajstić information content (AvgIpc) is 2.43. The van der Waals surface area contributed by atoms with Crippen LogP contribution in [0, 0.1) is 0 Å². The van der Waals surface area contributed by atoms with Crippen LogP contribution in [0.5, 0.6) is 0 Å². The molecule has 1 rings (SSSR count). The van der Waals surface area contributed by atoms with Crippen LogP contribution >= 0.6 is 11.6 Å². The first kappa shape index (κ1) is 17.4. The van der Waals surface area contributed by atoms with Crippen molar-refractivity contribution in [1.82, 2.24) is 4.72 Å². The molecule has 1 aromatic carbocycles. The Morgan fingerprint density at radius 3 is 2.38 bits per heavy atom. The number of hydrogen-bond donors (Lipinski definition) is 2. The van der Waals surface area contributed by atoms with Crippen molar-refractivity contribution >= 4 is 33.6 Å². The molecule has 0 amide bonds. The molecule has 0 saturated carbocycles. The number of methoxy groups -OCH3 is 1. The summed E-state index contributed by atoms with van der Waals surface area (Å²) in [5, 5.41) is 9.37. The van der Waals surface area contributed by atoms with E-state index in [-0.39, 0.29) is 17.7 Å². The molecule has 0 spiro atoms. The van der Waals surface area contributed by atoms with E-state index in [2.05, 4.69) is 4.74 Å². The number of sulfonamides is 1. The second-order valence-corrected chi connectivity index (χ2v) is 6.23. The first-order valence-electron chi connectivity index (χ1n) is 5.84. The lowest BCUT2D eigenvalue weighted by molar-refractivity contribution is -0.142. The summed E-state index contributed by atoms with van der Waals surface area (Å²) in [6, 6.07) is 3.83. The number of aliphatic carboxylic acids is 1.